The normalized spacial score (nSPS) is 46.4. The second-order valence-electron chi connectivity index (χ2n) is 17.6. The molecule has 0 radical (unpaired) electrons. The molecule has 4 aliphatic carbocycles. The zero-order chi connectivity index (χ0) is 39.9. The highest BCUT2D eigenvalue weighted by Gasteiger charge is 3.05. The summed E-state index contributed by atoms with van der Waals surface area (Å²) in [6.45, 7) is 12.8. The molecule has 7 aliphatic rings. The Morgan fingerprint density at radius 3 is 2.35 bits per heavy atom. The van der Waals surface area contributed by atoms with Gasteiger partial charge in [-0.25, -0.2) is 4.79 Å². The molecular formula is C40H50O15. The SMILES string of the molecule is CC=C(C)C(=O)OC1C2(C)CC34OC5(C)OC6(C(CC(=O)OC)C(C)(C(OC(C)=O)c7ccoc7)CCC6(O5)C35COC(=O)CC25)C(OC(=O)C(C)C)C14O. The topological polar surface area (TPSA) is 193 Å². The standard InChI is InChI=1S/C40H50O15/c1-10-21(4)30(45)52-31-34(7)18-38-36(19-49-27(43)15-24(34)36)37-13-12-33(6,28(50-22(5)41)23-11-14-48-17-23)25(16-26(42)47-9)40(37,55-35(8,53-37)54-38)32(39(31,38)46)51-29(44)20(2)3/h10-11,14,17,20,24-25,28,31-32,46H,12-13,15-16,18-19H2,1-9H3. The molecule has 1 aromatic heterocycles. The van der Waals surface area contributed by atoms with Crippen molar-refractivity contribution in [2.45, 2.75) is 134 Å². The third kappa shape index (κ3) is 4.22. The number of allylic oxidation sites excluding steroid dienone is 1. The lowest BCUT2D eigenvalue weighted by atomic mass is 9.33. The van der Waals surface area contributed by atoms with Crippen molar-refractivity contribution in [1.82, 2.24) is 0 Å². The van der Waals surface area contributed by atoms with Crippen LogP contribution in [0, 0.1) is 34.0 Å². The first-order valence-corrected chi connectivity index (χ1v) is 19.0. The van der Waals surface area contributed by atoms with Crippen LogP contribution in [-0.2, 0) is 61.9 Å². The molecule has 15 heteroatoms. The number of carbonyl (C=O) groups excluding carboxylic acids is 5. The summed E-state index contributed by atoms with van der Waals surface area (Å²) in [5.74, 6) is -7.69. The van der Waals surface area contributed by atoms with Crippen LogP contribution in [0.25, 0.3) is 0 Å². The van der Waals surface area contributed by atoms with Crippen LogP contribution in [-0.4, -0.2) is 89.3 Å². The second-order valence-corrected chi connectivity index (χ2v) is 17.6. The van der Waals surface area contributed by atoms with E-state index in [9.17, 15) is 29.1 Å². The summed E-state index contributed by atoms with van der Waals surface area (Å²) in [6.07, 6.45) is 0.137. The van der Waals surface area contributed by atoms with E-state index in [1.807, 2.05) is 13.8 Å². The second kappa shape index (κ2) is 11.6. The van der Waals surface area contributed by atoms with E-state index in [-0.39, 0.29) is 37.9 Å². The van der Waals surface area contributed by atoms with Crippen molar-refractivity contribution in [3.05, 3.63) is 35.8 Å². The number of hydrogen-bond acceptors (Lipinski definition) is 15. The van der Waals surface area contributed by atoms with Crippen LogP contribution in [0.4, 0.5) is 0 Å². The van der Waals surface area contributed by atoms with E-state index in [0.717, 1.165) is 0 Å². The maximum Gasteiger partial charge on any atom is 0.333 e. The summed E-state index contributed by atoms with van der Waals surface area (Å²) >= 11 is 0. The molecule has 0 amide bonds. The Labute approximate surface area is 318 Å². The first-order chi connectivity index (χ1) is 25.7. The molecule has 1 aromatic rings. The average molecular weight is 771 g/mol. The Morgan fingerprint density at radius 1 is 1.02 bits per heavy atom. The largest absolute Gasteiger partial charge is 0.472 e. The summed E-state index contributed by atoms with van der Waals surface area (Å²) in [5.41, 5.74) is -10.8. The van der Waals surface area contributed by atoms with E-state index in [2.05, 4.69) is 0 Å². The molecule has 1 N–H and O–H groups in total. The fourth-order valence-electron chi connectivity index (χ4n) is 12.9. The summed E-state index contributed by atoms with van der Waals surface area (Å²) in [5, 5.41) is 14.1. The molecule has 8 rings (SSSR count). The van der Waals surface area contributed by atoms with Gasteiger partial charge < -0.3 is 47.4 Å². The van der Waals surface area contributed by atoms with Crippen molar-refractivity contribution >= 4 is 29.8 Å². The van der Waals surface area contributed by atoms with Crippen LogP contribution in [0.3, 0.4) is 0 Å². The predicted octanol–water partition coefficient (Wildman–Crippen LogP) is 3.99. The molecule has 55 heavy (non-hydrogen) atoms. The Morgan fingerprint density at radius 2 is 1.73 bits per heavy atom. The van der Waals surface area contributed by atoms with E-state index in [4.69, 9.17) is 42.3 Å². The molecule has 3 spiro atoms. The molecule has 7 fully saturated rings. The minimum atomic E-state index is -2.39. The van der Waals surface area contributed by atoms with Crippen LogP contribution in [0.5, 0.6) is 0 Å². The molecule has 4 heterocycles. The monoisotopic (exact) mass is 770 g/mol. The van der Waals surface area contributed by atoms with Gasteiger partial charge in [0.15, 0.2) is 11.7 Å². The molecule has 4 saturated carbocycles. The summed E-state index contributed by atoms with van der Waals surface area (Å²) in [7, 11) is 1.24. The van der Waals surface area contributed by atoms with E-state index in [1.54, 1.807) is 46.8 Å². The number of esters is 5. The van der Waals surface area contributed by atoms with Crippen LogP contribution in [0.1, 0.15) is 99.2 Å². The number of aliphatic hydroxyl groups is 1. The molecule has 3 saturated heterocycles. The minimum absolute atomic E-state index is 0.0601. The highest BCUT2D eigenvalue weighted by molar-refractivity contribution is 5.88. The average Bonchev–Trinajstić information content (AvgIpc) is 3.83. The molecule has 13 unspecified atom stereocenters. The van der Waals surface area contributed by atoms with Gasteiger partial charge in [-0.2, -0.15) is 0 Å². The van der Waals surface area contributed by atoms with E-state index in [0.29, 0.717) is 5.56 Å². The van der Waals surface area contributed by atoms with Crippen molar-refractivity contribution in [1.29, 1.82) is 0 Å². The summed E-state index contributed by atoms with van der Waals surface area (Å²) < 4.78 is 57.4. The van der Waals surface area contributed by atoms with Gasteiger partial charge >= 0.3 is 29.8 Å². The van der Waals surface area contributed by atoms with Crippen LogP contribution >= 0.6 is 0 Å². The number of carbonyl (C=O) groups is 5. The Bertz CT molecular complexity index is 1890. The van der Waals surface area contributed by atoms with Gasteiger partial charge in [0.2, 0.25) is 0 Å². The summed E-state index contributed by atoms with van der Waals surface area (Å²) in [6, 6.07) is 1.66. The number of hydrogen-bond donors (Lipinski definition) is 1. The molecule has 0 aromatic carbocycles. The van der Waals surface area contributed by atoms with Gasteiger partial charge in [0.25, 0.3) is 5.97 Å². The fourth-order valence-corrected chi connectivity index (χ4v) is 12.9. The van der Waals surface area contributed by atoms with Gasteiger partial charge in [-0.15, -0.1) is 0 Å². The van der Waals surface area contributed by atoms with Crippen molar-refractivity contribution in [2.75, 3.05) is 13.7 Å². The van der Waals surface area contributed by atoms with Crippen LogP contribution < -0.4 is 0 Å². The highest BCUT2D eigenvalue weighted by Crippen LogP contribution is 2.90. The van der Waals surface area contributed by atoms with Gasteiger partial charge in [0, 0.05) is 48.2 Å². The number of cyclic esters (lactones) is 1. The Kier molecular flexibility index (Phi) is 8.06. The fraction of sp³-hybridized carbons (Fsp3) is 0.725. The molecule has 4 bridgehead atoms. The van der Waals surface area contributed by atoms with E-state index >= 15 is 0 Å². The smallest absolute Gasteiger partial charge is 0.333 e. The Hall–Kier alpha value is -3.79. The molecule has 3 aliphatic heterocycles. The van der Waals surface area contributed by atoms with E-state index in [1.165, 1.54) is 26.6 Å². The van der Waals surface area contributed by atoms with Gasteiger partial charge in [0.05, 0.1) is 37.4 Å². The first-order valence-electron chi connectivity index (χ1n) is 19.0. The van der Waals surface area contributed by atoms with Crippen molar-refractivity contribution < 1.29 is 71.4 Å². The van der Waals surface area contributed by atoms with Gasteiger partial charge in [0.1, 0.15) is 35.6 Å². The molecule has 15 nitrogen and oxygen atoms in total. The number of rotatable bonds is 9. The number of fused-ring (bicyclic) bond motifs is 3. The van der Waals surface area contributed by atoms with Crippen molar-refractivity contribution in [3.8, 4) is 0 Å². The zero-order valence-corrected chi connectivity index (χ0v) is 32.7. The maximum atomic E-state index is 14.2. The Balaban J connectivity index is 1.48. The first kappa shape index (κ1) is 38.1. The highest BCUT2D eigenvalue weighted by atomic mass is 16.9. The van der Waals surface area contributed by atoms with Crippen molar-refractivity contribution in [2.24, 2.45) is 34.0 Å². The third-order valence-corrected chi connectivity index (χ3v) is 14.8. The lowest BCUT2D eigenvalue weighted by molar-refractivity contribution is -0.486. The lowest BCUT2D eigenvalue weighted by Gasteiger charge is -2.77. The lowest BCUT2D eigenvalue weighted by Crippen LogP contribution is -2.95. The summed E-state index contributed by atoms with van der Waals surface area (Å²) in [4.78, 5) is 68.3. The minimum Gasteiger partial charge on any atom is -0.472 e. The number of ether oxygens (including phenoxy) is 8. The zero-order valence-electron chi connectivity index (χ0n) is 32.7. The van der Waals surface area contributed by atoms with E-state index < -0.39 is 117 Å². The molecule has 300 valence electrons. The van der Waals surface area contributed by atoms with Crippen LogP contribution in [0.2, 0.25) is 0 Å². The predicted molar refractivity (Wildman–Crippen MR) is 184 cm³/mol. The van der Waals surface area contributed by atoms with Crippen molar-refractivity contribution in [3.63, 3.8) is 0 Å². The van der Waals surface area contributed by atoms with Crippen LogP contribution in [0.15, 0.2) is 34.7 Å². The van der Waals surface area contributed by atoms with Gasteiger partial charge in [-0.3, -0.25) is 19.2 Å². The number of methoxy groups -OCH3 is 1. The quantitative estimate of drug-likeness (QED) is 0.215. The third-order valence-electron chi connectivity index (χ3n) is 14.8. The molecule has 13 atom stereocenters. The van der Waals surface area contributed by atoms with Gasteiger partial charge in [-0.1, -0.05) is 33.8 Å². The number of furan rings is 1. The molecular weight excluding hydrogens is 720 g/mol. The maximum absolute atomic E-state index is 14.2. The van der Waals surface area contributed by atoms with Gasteiger partial charge in [-0.05, 0) is 45.1 Å².